The summed E-state index contributed by atoms with van der Waals surface area (Å²) in [6, 6.07) is 15.6. The van der Waals surface area contributed by atoms with E-state index in [4.69, 9.17) is 11.6 Å². The Labute approximate surface area is 125 Å². The van der Waals surface area contributed by atoms with Gasteiger partial charge in [0, 0.05) is 18.6 Å². The van der Waals surface area contributed by atoms with Crippen molar-refractivity contribution in [1.82, 2.24) is 4.90 Å². The topological polar surface area (TPSA) is 20.3 Å². The molecule has 0 atom stereocenters. The van der Waals surface area contributed by atoms with Gasteiger partial charge in [-0.05, 0) is 29.7 Å². The van der Waals surface area contributed by atoms with Crippen molar-refractivity contribution >= 4 is 17.5 Å². The van der Waals surface area contributed by atoms with Crippen molar-refractivity contribution in [2.24, 2.45) is 0 Å². The van der Waals surface area contributed by atoms with E-state index < -0.39 is 0 Å². The first-order valence-electron chi connectivity index (χ1n) is 6.60. The maximum atomic E-state index is 12.2. The average Bonchev–Trinajstić information content (AvgIpc) is 2.43. The van der Waals surface area contributed by atoms with Gasteiger partial charge in [-0.2, -0.15) is 0 Å². The normalized spacial score (nSPS) is 10.3. The molecule has 2 nitrogen and oxygen atoms in total. The molecule has 0 unspecified atom stereocenters. The third-order valence-electron chi connectivity index (χ3n) is 3.39. The molecule has 0 spiro atoms. The Balaban J connectivity index is 2.03. The zero-order valence-corrected chi connectivity index (χ0v) is 12.5. The number of likely N-dealkylation sites (N-methyl/N-ethyl adjacent to an activating group) is 1. The van der Waals surface area contributed by atoms with Crippen molar-refractivity contribution in [2.45, 2.75) is 19.9 Å². The molecule has 2 aromatic carbocycles. The molecular formula is C17H18ClNO. The molecule has 2 rings (SSSR count). The van der Waals surface area contributed by atoms with E-state index in [0.29, 0.717) is 18.0 Å². The van der Waals surface area contributed by atoms with Gasteiger partial charge in [0.15, 0.2) is 0 Å². The van der Waals surface area contributed by atoms with Gasteiger partial charge >= 0.3 is 0 Å². The predicted molar refractivity (Wildman–Crippen MR) is 82.8 cm³/mol. The molecule has 0 saturated heterocycles. The molecule has 0 aliphatic heterocycles. The highest BCUT2D eigenvalue weighted by atomic mass is 35.5. The predicted octanol–water partition coefficient (Wildman–Crippen LogP) is 3.85. The maximum absolute atomic E-state index is 12.2. The highest BCUT2D eigenvalue weighted by molar-refractivity contribution is 6.31. The van der Waals surface area contributed by atoms with Crippen molar-refractivity contribution in [3.63, 3.8) is 0 Å². The average molecular weight is 288 g/mol. The summed E-state index contributed by atoms with van der Waals surface area (Å²) >= 11 is 6.09. The minimum Gasteiger partial charge on any atom is -0.341 e. The van der Waals surface area contributed by atoms with E-state index in [1.54, 1.807) is 4.90 Å². The summed E-state index contributed by atoms with van der Waals surface area (Å²) in [7, 11) is 1.83. The molecule has 0 fully saturated rings. The van der Waals surface area contributed by atoms with Crippen LogP contribution in [0.25, 0.3) is 0 Å². The Bertz CT molecular complexity index is 609. The van der Waals surface area contributed by atoms with Crippen LogP contribution in [0.3, 0.4) is 0 Å². The number of hydrogen-bond donors (Lipinski definition) is 0. The number of halogens is 1. The van der Waals surface area contributed by atoms with Gasteiger partial charge in [-0.25, -0.2) is 0 Å². The summed E-state index contributed by atoms with van der Waals surface area (Å²) in [6.07, 6.45) is 0.335. The molecule has 1 amide bonds. The summed E-state index contributed by atoms with van der Waals surface area (Å²) in [6.45, 7) is 2.68. The molecule has 0 aliphatic carbocycles. The Morgan fingerprint density at radius 3 is 2.30 bits per heavy atom. The van der Waals surface area contributed by atoms with Crippen LogP contribution in [-0.2, 0) is 17.8 Å². The first-order valence-corrected chi connectivity index (χ1v) is 6.97. The fourth-order valence-corrected chi connectivity index (χ4v) is 2.27. The lowest BCUT2D eigenvalue weighted by Crippen LogP contribution is -2.28. The zero-order chi connectivity index (χ0) is 14.5. The summed E-state index contributed by atoms with van der Waals surface area (Å²) in [5.41, 5.74) is 3.24. The summed E-state index contributed by atoms with van der Waals surface area (Å²) < 4.78 is 0. The molecule has 0 N–H and O–H groups in total. The van der Waals surface area contributed by atoms with Crippen molar-refractivity contribution in [3.8, 4) is 0 Å². The molecule has 0 heterocycles. The maximum Gasteiger partial charge on any atom is 0.227 e. The Kier molecular flexibility index (Phi) is 4.80. The van der Waals surface area contributed by atoms with Crippen molar-refractivity contribution in [2.75, 3.05) is 7.05 Å². The van der Waals surface area contributed by atoms with Gasteiger partial charge in [0.05, 0.1) is 6.42 Å². The molecule has 104 valence electrons. The van der Waals surface area contributed by atoms with E-state index >= 15 is 0 Å². The number of aryl methyl sites for hydroxylation is 1. The molecule has 20 heavy (non-hydrogen) atoms. The number of rotatable bonds is 4. The van der Waals surface area contributed by atoms with E-state index in [-0.39, 0.29) is 5.91 Å². The SMILES string of the molecule is Cc1ccccc1CN(C)C(=O)Cc1ccccc1Cl. The quantitative estimate of drug-likeness (QED) is 0.836. The van der Waals surface area contributed by atoms with Crippen LogP contribution in [0.2, 0.25) is 5.02 Å². The first-order chi connectivity index (χ1) is 9.58. The fraction of sp³-hybridized carbons (Fsp3) is 0.235. The summed E-state index contributed by atoms with van der Waals surface area (Å²) in [5, 5.41) is 0.644. The fourth-order valence-electron chi connectivity index (χ4n) is 2.07. The Hall–Kier alpha value is -1.80. The van der Waals surface area contributed by atoms with Crippen molar-refractivity contribution in [1.29, 1.82) is 0 Å². The van der Waals surface area contributed by atoms with Crippen LogP contribution in [-0.4, -0.2) is 17.9 Å². The van der Waals surface area contributed by atoms with Crippen LogP contribution >= 0.6 is 11.6 Å². The van der Waals surface area contributed by atoms with Crippen LogP contribution in [0.5, 0.6) is 0 Å². The molecule has 0 bridgehead atoms. The number of carbonyl (C=O) groups excluding carboxylic acids is 1. The van der Waals surface area contributed by atoms with Crippen LogP contribution in [0, 0.1) is 6.92 Å². The molecule has 0 saturated carbocycles. The number of hydrogen-bond acceptors (Lipinski definition) is 1. The minimum atomic E-state index is 0.0707. The van der Waals surface area contributed by atoms with E-state index in [2.05, 4.69) is 19.1 Å². The molecular weight excluding hydrogens is 270 g/mol. The number of nitrogens with zero attached hydrogens (tertiary/aromatic N) is 1. The lowest BCUT2D eigenvalue weighted by molar-refractivity contribution is -0.129. The minimum absolute atomic E-state index is 0.0707. The van der Waals surface area contributed by atoms with Crippen molar-refractivity contribution < 1.29 is 4.79 Å². The third-order valence-corrected chi connectivity index (χ3v) is 3.76. The lowest BCUT2D eigenvalue weighted by atomic mass is 10.1. The summed E-state index contributed by atoms with van der Waals surface area (Å²) in [5.74, 6) is 0.0707. The first kappa shape index (κ1) is 14.6. The standard InChI is InChI=1S/C17H18ClNO/c1-13-7-3-4-9-15(13)12-19(2)17(20)11-14-8-5-6-10-16(14)18/h3-10H,11-12H2,1-2H3. The number of benzene rings is 2. The van der Waals surface area contributed by atoms with Crippen molar-refractivity contribution in [3.05, 3.63) is 70.2 Å². The van der Waals surface area contributed by atoms with Crippen LogP contribution < -0.4 is 0 Å². The van der Waals surface area contributed by atoms with Crippen LogP contribution in [0.1, 0.15) is 16.7 Å². The van der Waals surface area contributed by atoms with Gasteiger partial charge in [-0.3, -0.25) is 4.79 Å². The van der Waals surface area contributed by atoms with E-state index in [9.17, 15) is 4.79 Å². The highest BCUT2D eigenvalue weighted by Crippen LogP contribution is 2.17. The smallest absolute Gasteiger partial charge is 0.227 e. The second kappa shape index (κ2) is 6.58. The zero-order valence-electron chi connectivity index (χ0n) is 11.8. The van der Waals surface area contributed by atoms with Gasteiger partial charge in [0.25, 0.3) is 0 Å². The molecule has 0 radical (unpaired) electrons. The molecule has 2 aromatic rings. The van der Waals surface area contributed by atoms with Crippen LogP contribution in [0.4, 0.5) is 0 Å². The molecule has 0 aliphatic rings. The largest absolute Gasteiger partial charge is 0.341 e. The molecule has 3 heteroatoms. The van der Waals surface area contributed by atoms with Gasteiger partial charge in [0.1, 0.15) is 0 Å². The highest BCUT2D eigenvalue weighted by Gasteiger charge is 2.12. The van der Waals surface area contributed by atoms with Gasteiger partial charge < -0.3 is 4.90 Å². The second-order valence-corrected chi connectivity index (χ2v) is 5.35. The second-order valence-electron chi connectivity index (χ2n) is 4.94. The Morgan fingerprint density at radius 2 is 1.65 bits per heavy atom. The summed E-state index contributed by atoms with van der Waals surface area (Å²) in [4.78, 5) is 14.0. The van der Waals surface area contributed by atoms with Gasteiger partial charge in [0.2, 0.25) is 5.91 Å². The third kappa shape index (κ3) is 3.61. The number of amides is 1. The van der Waals surface area contributed by atoms with Crippen LogP contribution in [0.15, 0.2) is 48.5 Å². The van der Waals surface area contributed by atoms with Gasteiger partial charge in [-0.1, -0.05) is 54.1 Å². The van der Waals surface area contributed by atoms with E-state index in [1.807, 2.05) is 43.4 Å². The Morgan fingerprint density at radius 1 is 1.05 bits per heavy atom. The van der Waals surface area contributed by atoms with E-state index in [1.165, 1.54) is 11.1 Å². The van der Waals surface area contributed by atoms with E-state index in [0.717, 1.165) is 5.56 Å². The lowest BCUT2D eigenvalue weighted by Gasteiger charge is -2.19. The monoisotopic (exact) mass is 287 g/mol. The number of carbonyl (C=O) groups is 1. The molecule has 0 aromatic heterocycles. The van der Waals surface area contributed by atoms with Gasteiger partial charge in [-0.15, -0.1) is 0 Å².